The largest absolute Gasteiger partial charge is 0.394 e. The summed E-state index contributed by atoms with van der Waals surface area (Å²) in [6.45, 7) is 4.82. The summed E-state index contributed by atoms with van der Waals surface area (Å²) in [6, 6.07) is 5.71. The second-order valence-electron chi connectivity index (χ2n) is 2.75. The van der Waals surface area contributed by atoms with Crippen molar-refractivity contribution in [2.45, 2.75) is 5.92 Å². The van der Waals surface area contributed by atoms with Crippen LogP contribution in [0.25, 0.3) is 0 Å². The first-order valence-electron chi connectivity index (χ1n) is 4.27. The Morgan fingerprint density at radius 1 is 1.54 bits per heavy atom. The van der Waals surface area contributed by atoms with E-state index in [1.54, 1.807) is 6.20 Å². The fraction of sp³-hybridized carbons (Fsp3) is 0.400. The topological polar surface area (TPSA) is 42.4 Å². The molecule has 3 heteroatoms. The summed E-state index contributed by atoms with van der Waals surface area (Å²) in [6.07, 6.45) is 1.74. The summed E-state index contributed by atoms with van der Waals surface area (Å²) < 4.78 is 5.15. The maximum Gasteiger partial charge on any atom is 0.0698 e. The van der Waals surface area contributed by atoms with Gasteiger partial charge < -0.3 is 9.84 Å². The second-order valence-corrected chi connectivity index (χ2v) is 2.75. The number of pyridine rings is 1. The molecule has 0 saturated heterocycles. The van der Waals surface area contributed by atoms with Crippen molar-refractivity contribution >= 4 is 0 Å². The monoisotopic (exact) mass is 180 g/mol. The smallest absolute Gasteiger partial charge is 0.0698 e. The Balaban J connectivity index is 2.35. The Hall–Kier alpha value is -0.930. The van der Waals surface area contributed by atoms with Crippen molar-refractivity contribution in [3.63, 3.8) is 0 Å². The van der Waals surface area contributed by atoms with E-state index < -0.39 is 0 Å². The van der Waals surface area contributed by atoms with Crippen molar-refractivity contribution < 1.29 is 9.84 Å². The highest BCUT2D eigenvalue weighted by molar-refractivity contribution is 5.10. The van der Waals surface area contributed by atoms with Gasteiger partial charge in [-0.1, -0.05) is 6.07 Å². The molecule has 0 amide bonds. The zero-order valence-electron chi connectivity index (χ0n) is 7.52. The first-order chi connectivity index (χ1) is 6.34. The number of hydrogen-bond donors (Lipinski definition) is 1. The van der Waals surface area contributed by atoms with Gasteiger partial charge in [0.15, 0.2) is 0 Å². The van der Waals surface area contributed by atoms with Crippen LogP contribution in [-0.2, 0) is 4.74 Å². The van der Waals surface area contributed by atoms with Gasteiger partial charge in [-0.2, -0.15) is 0 Å². The van der Waals surface area contributed by atoms with Crippen molar-refractivity contribution in [3.8, 4) is 0 Å². The van der Waals surface area contributed by atoms with E-state index in [0.29, 0.717) is 13.2 Å². The van der Waals surface area contributed by atoms with Gasteiger partial charge in [0.2, 0.25) is 0 Å². The fourth-order valence-electron chi connectivity index (χ4n) is 0.993. The molecule has 1 aromatic heterocycles. The van der Waals surface area contributed by atoms with Crippen LogP contribution in [0.5, 0.6) is 0 Å². The van der Waals surface area contributed by atoms with E-state index in [9.17, 15) is 0 Å². The molecular formula is C10H14NO2. The van der Waals surface area contributed by atoms with Gasteiger partial charge in [-0.05, 0) is 19.1 Å². The molecule has 0 aliphatic heterocycles. The van der Waals surface area contributed by atoms with Crippen LogP contribution in [0.3, 0.4) is 0 Å². The van der Waals surface area contributed by atoms with Crippen LogP contribution in [0.2, 0.25) is 0 Å². The molecule has 1 aromatic rings. The number of hydrogen-bond acceptors (Lipinski definition) is 3. The predicted molar refractivity (Wildman–Crippen MR) is 50.2 cm³/mol. The van der Waals surface area contributed by atoms with Crippen LogP contribution >= 0.6 is 0 Å². The molecule has 13 heavy (non-hydrogen) atoms. The maximum atomic E-state index is 8.49. The van der Waals surface area contributed by atoms with Crippen LogP contribution in [0.4, 0.5) is 0 Å². The lowest BCUT2D eigenvalue weighted by molar-refractivity contribution is 0.0877. The number of aliphatic hydroxyl groups is 1. The van der Waals surface area contributed by atoms with E-state index in [1.807, 2.05) is 18.2 Å². The molecule has 3 nitrogen and oxygen atoms in total. The van der Waals surface area contributed by atoms with E-state index in [-0.39, 0.29) is 12.5 Å². The standard InChI is InChI=1S/C10H14NO2/c1-9(8-13-7-6-12)10-4-2-3-5-11-10/h2-5,9,12H,1,6-8H2. The molecule has 1 heterocycles. The Morgan fingerprint density at radius 2 is 2.38 bits per heavy atom. The lowest BCUT2D eigenvalue weighted by Gasteiger charge is -2.09. The average Bonchev–Trinajstić information content (AvgIpc) is 2.19. The van der Waals surface area contributed by atoms with Gasteiger partial charge in [-0.15, -0.1) is 0 Å². The normalized spacial score (nSPS) is 12.8. The molecule has 1 N–H and O–H groups in total. The molecule has 0 aliphatic carbocycles. The van der Waals surface area contributed by atoms with E-state index >= 15 is 0 Å². The van der Waals surface area contributed by atoms with E-state index in [0.717, 1.165) is 5.69 Å². The van der Waals surface area contributed by atoms with Crippen LogP contribution < -0.4 is 0 Å². The SMILES string of the molecule is [CH2]C(COCCO)c1ccccn1. The lowest BCUT2D eigenvalue weighted by atomic mass is 10.1. The molecule has 0 bridgehead atoms. The Bertz CT molecular complexity index is 226. The van der Waals surface area contributed by atoms with Crippen molar-refractivity contribution in [1.29, 1.82) is 0 Å². The fourth-order valence-corrected chi connectivity index (χ4v) is 0.993. The Kier molecular flexibility index (Phi) is 4.43. The number of aromatic nitrogens is 1. The number of rotatable bonds is 5. The van der Waals surface area contributed by atoms with Gasteiger partial charge in [0.1, 0.15) is 0 Å². The number of ether oxygens (including phenoxy) is 1. The highest BCUT2D eigenvalue weighted by Crippen LogP contribution is 2.10. The van der Waals surface area contributed by atoms with E-state index in [1.165, 1.54) is 0 Å². The first kappa shape index (κ1) is 10.2. The molecule has 1 unspecified atom stereocenters. The molecule has 1 rings (SSSR count). The minimum atomic E-state index is 0.0350. The van der Waals surface area contributed by atoms with Crippen molar-refractivity contribution in [3.05, 3.63) is 37.0 Å². The minimum Gasteiger partial charge on any atom is -0.394 e. The molecule has 71 valence electrons. The highest BCUT2D eigenvalue weighted by Gasteiger charge is 2.05. The van der Waals surface area contributed by atoms with Gasteiger partial charge in [0.05, 0.1) is 19.8 Å². The third kappa shape index (κ3) is 3.53. The van der Waals surface area contributed by atoms with Crippen LogP contribution in [0.15, 0.2) is 24.4 Å². The highest BCUT2D eigenvalue weighted by atomic mass is 16.5. The Labute approximate surface area is 78.4 Å². The van der Waals surface area contributed by atoms with E-state index in [2.05, 4.69) is 11.9 Å². The molecule has 1 radical (unpaired) electrons. The summed E-state index contributed by atoms with van der Waals surface area (Å²) >= 11 is 0. The zero-order chi connectivity index (χ0) is 9.52. The molecule has 0 aromatic carbocycles. The molecule has 0 fully saturated rings. The van der Waals surface area contributed by atoms with Crippen LogP contribution in [-0.4, -0.2) is 29.9 Å². The van der Waals surface area contributed by atoms with Crippen LogP contribution in [0, 0.1) is 6.92 Å². The summed E-state index contributed by atoms with van der Waals surface area (Å²) in [5.41, 5.74) is 0.917. The number of aliphatic hydroxyl groups excluding tert-OH is 1. The molecule has 1 atom stereocenters. The average molecular weight is 180 g/mol. The van der Waals surface area contributed by atoms with Gasteiger partial charge in [0.25, 0.3) is 0 Å². The molecule has 0 aliphatic rings. The summed E-state index contributed by atoms with van der Waals surface area (Å²) in [4.78, 5) is 4.15. The third-order valence-electron chi connectivity index (χ3n) is 1.66. The minimum absolute atomic E-state index is 0.0350. The lowest BCUT2D eigenvalue weighted by Crippen LogP contribution is -2.08. The van der Waals surface area contributed by atoms with Crippen molar-refractivity contribution in [1.82, 2.24) is 4.98 Å². The molecular weight excluding hydrogens is 166 g/mol. The van der Waals surface area contributed by atoms with Gasteiger partial charge in [0, 0.05) is 17.8 Å². The molecule has 0 spiro atoms. The zero-order valence-corrected chi connectivity index (χ0v) is 7.52. The van der Waals surface area contributed by atoms with E-state index in [4.69, 9.17) is 9.84 Å². The summed E-state index contributed by atoms with van der Waals surface area (Å²) in [7, 11) is 0. The second kappa shape index (κ2) is 5.67. The quantitative estimate of drug-likeness (QED) is 0.687. The van der Waals surface area contributed by atoms with Crippen LogP contribution in [0.1, 0.15) is 11.6 Å². The first-order valence-corrected chi connectivity index (χ1v) is 4.27. The maximum absolute atomic E-state index is 8.49. The predicted octanol–water partition coefficient (Wildman–Crippen LogP) is 1.01. The van der Waals surface area contributed by atoms with Gasteiger partial charge in [-0.25, -0.2) is 0 Å². The molecule has 0 saturated carbocycles. The van der Waals surface area contributed by atoms with Gasteiger partial charge >= 0.3 is 0 Å². The summed E-state index contributed by atoms with van der Waals surface area (Å²) in [5.74, 6) is 0.0350. The van der Waals surface area contributed by atoms with Crippen molar-refractivity contribution in [2.24, 2.45) is 0 Å². The number of nitrogens with zero attached hydrogens (tertiary/aromatic N) is 1. The van der Waals surface area contributed by atoms with Crippen molar-refractivity contribution in [2.75, 3.05) is 19.8 Å². The van der Waals surface area contributed by atoms with Gasteiger partial charge in [-0.3, -0.25) is 4.98 Å². The summed E-state index contributed by atoms with van der Waals surface area (Å²) in [5, 5.41) is 8.49. The Morgan fingerprint density at radius 3 is 3.00 bits per heavy atom. The third-order valence-corrected chi connectivity index (χ3v) is 1.66.